The summed E-state index contributed by atoms with van der Waals surface area (Å²) in [4.78, 5) is 18.7. The fourth-order valence-corrected chi connectivity index (χ4v) is 2.73. The summed E-state index contributed by atoms with van der Waals surface area (Å²) in [6.07, 6.45) is 2.89. The smallest absolute Gasteiger partial charge is 0.299 e. The molecule has 1 unspecified atom stereocenters. The Kier molecular flexibility index (Phi) is 4.06. The predicted octanol–water partition coefficient (Wildman–Crippen LogP) is 1.26. The Morgan fingerprint density at radius 3 is 3.10 bits per heavy atom. The van der Waals surface area contributed by atoms with Crippen LogP contribution >= 0.6 is 0 Å². The Morgan fingerprint density at radius 2 is 2.29 bits per heavy atom. The van der Waals surface area contributed by atoms with E-state index in [0.29, 0.717) is 19.1 Å². The van der Waals surface area contributed by atoms with Gasteiger partial charge >= 0.3 is 0 Å². The van der Waals surface area contributed by atoms with Gasteiger partial charge in [0.25, 0.3) is 6.01 Å². The lowest BCUT2D eigenvalue weighted by atomic mass is 10.0. The summed E-state index contributed by atoms with van der Waals surface area (Å²) in [5, 5.41) is 2.86. The average Bonchev–Trinajstić information content (AvgIpc) is 2.96. The number of rotatable bonds is 4. The van der Waals surface area contributed by atoms with E-state index < -0.39 is 0 Å². The summed E-state index contributed by atoms with van der Waals surface area (Å²) in [5.74, 6) is 0.00223. The highest BCUT2D eigenvalue weighted by atomic mass is 16.4. The number of hydrogen-bond acceptors (Lipinski definition) is 5. The van der Waals surface area contributed by atoms with Gasteiger partial charge in [-0.25, -0.2) is 0 Å². The van der Waals surface area contributed by atoms with Crippen LogP contribution in [0.5, 0.6) is 0 Å². The van der Waals surface area contributed by atoms with Crippen LogP contribution in [0.15, 0.2) is 28.7 Å². The fourth-order valence-electron chi connectivity index (χ4n) is 2.73. The van der Waals surface area contributed by atoms with Crippen LogP contribution < -0.4 is 16.0 Å². The van der Waals surface area contributed by atoms with Crippen LogP contribution in [-0.2, 0) is 4.79 Å². The zero-order valence-corrected chi connectivity index (χ0v) is 11.9. The third-order valence-corrected chi connectivity index (χ3v) is 3.78. The number of piperidine rings is 1. The number of amides is 1. The minimum atomic E-state index is -0.224. The van der Waals surface area contributed by atoms with E-state index in [9.17, 15) is 4.79 Å². The molecule has 112 valence electrons. The number of carbonyl (C=O) groups is 1. The van der Waals surface area contributed by atoms with Crippen LogP contribution in [0.3, 0.4) is 0 Å². The van der Waals surface area contributed by atoms with Gasteiger partial charge in [-0.15, -0.1) is 0 Å². The molecule has 6 nitrogen and oxygen atoms in total. The summed E-state index contributed by atoms with van der Waals surface area (Å²) in [5.41, 5.74) is 7.01. The van der Waals surface area contributed by atoms with Crippen LogP contribution in [0, 0.1) is 0 Å². The lowest BCUT2D eigenvalue weighted by Gasteiger charge is -2.33. The second-order valence-electron chi connectivity index (χ2n) is 5.25. The number of para-hydroxylation sites is 2. The molecule has 1 aromatic carbocycles. The molecule has 1 atom stereocenters. The van der Waals surface area contributed by atoms with E-state index in [1.165, 1.54) is 0 Å². The van der Waals surface area contributed by atoms with Crippen LogP contribution in [-0.4, -0.2) is 36.6 Å². The van der Waals surface area contributed by atoms with Gasteiger partial charge in [-0.2, -0.15) is 4.98 Å². The quantitative estimate of drug-likeness (QED) is 0.885. The van der Waals surface area contributed by atoms with Crippen molar-refractivity contribution in [2.75, 3.05) is 24.5 Å². The first-order valence-corrected chi connectivity index (χ1v) is 7.39. The van der Waals surface area contributed by atoms with Crippen molar-refractivity contribution in [3.63, 3.8) is 0 Å². The predicted molar refractivity (Wildman–Crippen MR) is 81.1 cm³/mol. The van der Waals surface area contributed by atoms with E-state index in [1.807, 2.05) is 29.2 Å². The van der Waals surface area contributed by atoms with E-state index in [2.05, 4.69) is 10.3 Å². The summed E-state index contributed by atoms with van der Waals surface area (Å²) >= 11 is 0. The van der Waals surface area contributed by atoms with Crippen LogP contribution in [0.4, 0.5) is 6.01 Å². The van der Waals surface area contributed by atoms with Crippen molar-refractivity contribution in [2.24, 2.45) is 5.73 Å². The normalized spacial score (nSPS) is 18.9. The summed E-state index contributed by atoms with van der Waals surface area (Å²) in [6.45, 7) is 1.73. The Labute approximate surface area is 123 Å². The largest absolute Gasteiger partial charge is 0.423 e. The summed E-state index contributed by atoms with van der Waals surface area (Å²) in [7, 11) is 0. The third kappa shape index (κ3) is 2.85. The molecular weight excluding hydrogens is 268 g/mol. The number of nitrogens with one attached hydrogen (secondary N) is 1. The van der Waals surface area contributed by atoms with E-state index >= 15 is 0 Å². The molecule has 0 bridgehead atoms. The molecule has 1 fully saturated rings. The number of fused-ring (bicyclic) bond motifs is 1. The van der Waals surface area contributed by atoms with Crippen LogP contribution in [0.25, 0.3) is 11.1 Å². The summed E-state index contributed by atoms with van der Waals surface area (Å²) in [6, 6.07) is 7.95. The van der Waals surface area contributed by atoms with Crippen molar-refractivity contribution >= 4 is 23.0 Å². The molecule has 1 aliphatic rings. The number of nitrogens with two attached hydrogens (primary N) is 1. The Hall–Kier alpha value is -2.08. The van der Waals surface area contributed by atoms with Crippen molar-refractivity contribution < 1.29 is 9.21 Å². The van der Waals surface area contributed by atoms with Gasteiger partial charge in [0.15, 0.2) is 5.58 Å². The maximum Gasteiger partial charge on any atom is 0.299 e. The molecule has 21 heavy (non-hydrogen) atoms. The molecule has 1 saturated heterocycles. The van der Waals surface area contributed by atoms with Gasteiger partial charge in [-0.05, 0) is 31.4 Å². The topological polar surface area (TPSA) is 84.4 Å². The van der Waals surface area contributed by atoms with Crippen molar-refractivity contribution in [2.45, 2.75) is 25.3 Å². The van der Waals surface area contributed by atoms with E-state index in [0.717, 1.165) is 36.9 Å². The zero-order valence-electron chi connectivity index (χ0n) is 11.9. The maximum absolute atomic E-state index is 12.3. The molecule has 0 saturated carbocycles. The second-order valence-corrected chi connectivity index (χ2v) is 5.25. The first-order chi connectivity index (χ1) is 10.3. The number of nitrogens with zero attached hydrogens (tertiary/aromatic N) is 2. The molecule has 0 radical (unpaired) electrons. The number of oxazole rings is 1. The lowest BCUT2D eigenvalue weighted by molar-refractivity contribution is -0.122. The molecule has 1 aromatic heterocycles. The Morgan fingerprint density at radius 1 is 1.43 bits per heavy atom. The number of benzene rings is 1. The van der Waals surface area contributed by atoms with Crippen molar-refractivity contribution in [3.05, 3.63) is 24.3 Å². The third-order valence-electron chi connectivity index (χ3n) is 3.78. The van der Waals surface area contributed by atoms with Crippen molar-refractivity contribution in [1.29, 1.82) is 0 Å². The molecule has 3 rings (SSSR count). The standard InChI is InChI=1S/C15H20N4O2/c16-8-9-17-14(20)12-6-3-4-10-19(12)15-18-11-5-1-2-7-13(11)21-15/h1-2,5,7,12H,3-4,6,8-10,16H2,(H,17,20). The van der Waals surface area contributed by atoms with E-state index in [-0.39, 0.29) is 11.9 Å². The molecular formula is C15H20N4O2. The minimum absolute atomic E-state index is 0.00223. The van der Waals surface area contributed by atoms with E-state index in [1.54, 1.807) is 0 Å². The van der Waals surface area contributed by atoms with Gasteiger partial charge in [0.05, 0.1) is 0 Å². The first-order valence-electron chi connectivity index (χ1n) is 7.39. The van der Waals surface area contributed by atoms with Gasteiger partial charge in [0.2, 0.25) is 5.91 Å². The number of carbonyl (C=O) groups excluding carboxylic acids is 1. The maximum atomic E-state index is 12.3. The van der Waals surface area contributed by atoms with Gasteiger partial charge in [-0.3, -0.25) is 4.79 Å². The number of anilines is 1. The Bertz CT molecular complexity index is 592. The lowest BCUT2D eigenvalue weighted by Crippen LogP contribution is -2.50. The number of aromatic nitrogens is 1. The van der Waals surface area contributed by atoms with Crippen LogP contribution in [0.2, 0.25) is 0 Å². The summed E-state index contributed by atoms with van der Waals surface area (Å²) < 4.78 is 5.80. The fraction of sp³-hybridized carbons (Fsp3) is 0.467. The van der Waals surface area contributed by atoms with E-state index in [4.69, 9.17) is 10.2 Å². The van der Waals surface area contributed by atoms with Gasteiger partial charge < -0.3 is 20.4 Å². The second kappa shape index (κ2) is 6.13. The van der Waals surface area contributed by atoms with Crippen molar-refractivity contribution in [3.8, 4) is 0 Å². The SMILES string of the molecule is NCCNC(=O)C1CCCCN1c1nc2ccccc2o1. The molecule has 2 aromatic rings. The highest BCUT2D eigenvalue weighted by Gasteiger charge is 2.31. The highest BCUT2D eigenvalue weighted by Crippen LogP contribution is 2.27. The molecule has 0 spiro atoms. The Balaban J connectivity index is 1.84. The average molecular weight is 288 g/mol. The molecule has 1 amide bonds. The van der Waals surface area contributed by atoms with Gasteiger partial charge in [0, 0.05) is 19.6 Å². The first kappa shape index (κ1) is 13.9. The molecule has 0 aliphatic carbocycles. The van der Waals surface area contributed by atoms with Crippen LogP contribution in [0.1, 0.15) is 19.3 Å². The highest BCUT2D eigenvalue weighted by molar-refractivity contribution is 5.85. The molecule has 6 heteroatoms. The zero-order chi connectivity index (χ0) is 14.7. The van der Waals surface area contributed by atoms with Gasteiger partial charge in [0.1, 0.15) is 11.6 Å². The molecule has 1 aliphatic heterocycles. The molecule has 2 heterocycles. The minimum Gasteiger partial charge on any atom is -0.423 e. The van der Waals surface area contributed by atoms with Crippen molar-refractivity contribution in [1.82, 2.24) is 10.3 Å². The van der Waals surface area contributed by atoms with Gasteiger partial charge in [-0.1, -0.05) is 12.1 Å². The molecule has 3 N–H and O–H groups in total. The monoisotopic (exact) mass is 288 g/mol. The number of hydrogen-bond donors (Lipinski definition) is 2.